The number of nitrogens with zero attached hydrogens (tertiary/aromatic N) is 7. The van der Waals surface area contributed by atoms with Gasteiger partial charge in [-0.05, 0) is 62.7 Å². The minimum Gasteiger partial charge on any atom is -0.481 e. The summed E-state index contributed by atoms with van der Waals surface area (Å²) in [5.74, 6) is -0.168. The zero-order valence-corrected chi connectivity index (χ0v) is 32.0. The van der Waals surface area contributed by atoms with Crippen LogP contribution >= 0.6 is 11.6 Å². The lowest BCUT2D eigenvalue weighted by Crippen LogP contribution is -2.33. The first kappa shape index (κ1) is 37.5. The van der Waals surface area contributed by atoms with Crippen molar-refractivity contribution in [2.45, 2.75) is 71.4 Å². The highest BCUT2D eigenvalue weighted by Gasteiger charge is 2.30. The van der Waals surface area contributed by atoms with Crippen LogP contribution in [0.15, 0.2) is 36.4 Å². The molecule has 2 aromatic carbocycles. The highest BCUT2D eigenvalue weighted by Crippen LogP contribution is 2.37. The van der Waals surface area contributed by atoms with Crippen molar-refractivity contribution in [3.05, 3.63) is 87.0 Å². The Morgan fingerprint density at radius 2 is 1.54 bits per heavy atom. The van der Waals surface area contributed by atoms with E-state index in [2.05, 4.69) is 28.1 Å². The third-order valence-corrected chi connectivity index (χ3v) is 12.2. The number of anilines is 1. The van der Waals surface area contributed by atoms with E-state index in [1.807, 2.05) is 29.3 Å². The van der Waals surface area contributed by atoms with Gasteiger partial charge in [0.15, 0.2) is 11.6 Å². The molecule has 3 aliphatic rings. The van der Waals surface area contributed by atoms with Crippen LogP contribution < -0.4 is 5.32 Å². The zero-order chi connectivity index (χ0) is 38.1. The summed E-state index contributed by atoms with van der Waals surface area (Å²) in [5.41, 5.74) is 6.42. The molecule has 54 heavy (non-hydrogen) atoms. The van der Waals surface area contributed by atoms with E-state index in [1.54, 1.807) is 30.3 Å². The molecule has 13 heteroatoms. The molecule has 0 atom stereocenters. The number of Topliss-reactive ketones (excluding diaryl/α,β-unsaturated/α-hetero) is 1. The van der Waals surface area contributed by atoms with Gasteiger partial charge in [-0.3, -0.25) is 24.2 Å². The summed E-state index contributed by atoms with van der Waals surface area (Å²) < 4.78 is 3.76. The first-order valence-corrected chi connectivity index (χ1v) is 19.4. The van der Waals surface area contributed by atoms with Gasteiger partial charge in [0.05, 0.1) is 33.6 Å². The number of halogens is 1. The highest BCUT2D eigenvalue weighted by molar-refractivity contribution is 6.36. The van der Waals surface area contributed by atoms with Crippen LogP contribution in [-0.4, -0.2) is 77.8 Å². The number of likely N-dealkylation sites (N-methyl/N-ethyl adjacent to an activating group) is 1. The van der Waals surface area contributed by atoms with E-state index in [9.17, 15) is 24.8 Å². The molecule has 2 N–H and O–H groups in total. The summed E-state index contributed by atoms with van der Waals surface area (Å²) in [6.07, 6.45) is 6.11. The molecule has 0 bridgehead atoms. The van der Waals surface area contributed by atoms with Gasteiger partial charge in [0.1, 0.15) is 6.07 Å². The number of aromatic nitrogens is 4. The maximum atomic E-state index is 13.7. The van der Waals surface area contributed by atoms with Crippen LogP contribution in [0.2, 0.25) is 5.02 Å². The first-order chi connectivity index (χ1) is 26.1. The first-order valence-electron chi connectivity index (χ1n) is 19.0. The van der Waals surface area contributed by atoms with Gasteiger partial charge in [-0.15, -0.1) is 0 Å². The average Bonchev–Trinajstić information content (AvgIpc) is 3.69. The predicted octanol–water partition coefficient (Wildman–Crippen LogP) is 6.04. The number of nitriles is 1. The number of hydrogen-bond acceptors (Lipinski definition) is 8. The number of carboxylic acid groups (broad SMARTS) is 1. The molecular formula is C41H47ClN8O4. The summed E-state index contributed by atoms with van der Waals surface area (Å²) in [7, 11) is 3.75. The smallest absolute Gasteiger partial charge is 0.306 e. The lowest BCUT2D eigenvalue weighted by atomic mass is 9.80. The Morgan fingerprint density at radius 1 is 0.907 bits per heavy atom. The second-order valence-electron chi connectivity index (χ2n) is 14.9. The molecule has 1 aliphatic carbocycles. The molecule has 4 aromatic rings. The van der Waals surface area contributed by atoms with Crippen molar-refractivity contribution in [3.63, 3.8) is 0 Å². The normalized spacial score (nSPS) is 18.8. The van der Waals surface area contributed by atoms with E-state index in [0.29, 0.717) is 52.1 Å². The highest BCUT2D eigenvalue weighted by atomic mass is 35.5. The molecule has 1 amide bonds. The molecule has 1 saturated carbocycles. The van der Waals surface area contributed by atoms with Gasteiger partial charge in [-0.1, -0.05) is 48.9 Å². The maximum absolute atomic E-state index is 13.7. The largest absolute Gasteiger partial charge is 0.481 e. The minimum atomic E-state index is -0.673. The van der Waals surface area contributed by atoms with Crippen LogP contribution in [-0.2, 0) is 51.2 Å². The Bertz CT molecular complexity index is 2140. The summed E-state index contributed by atoms with van der Waals surface area (Å²) in [4.78, 5) is 52.8. The summed E-state index contributed by atoms with van der Waals surface area (Å²) >= 11 is 6.97. The standard InChI is InChI=1S/C41H47ClN8O4/c1-4-49-19-16-34-32(23-49)44-38(47(34)2)36(51)21-27-7-5-8-28(30(27)22-43)29-9-6-10-31(37(29)42)46-40(52)39-45-33-24-50(20-17-35(33)48(39)3)18-15-25-11-13-26(14-12-25)41(53)54/h5-10,25-26H,4,11-21,23-24H2,1-3H3,(H,46,52)(H,53,54). The monoisotopic (exact) mass is 750 g/mol. The van der Waals surface area contributed by atoms with Gasteiger partial charge in [0.2, 0.25) is 5.78 Å². The van der Waals surface area contributed by atoms with Crippen LogP contribution in [0.3, 0.4) is 0 Å². The Kier molecular flexibility index (Phi) is 11.0. The van der Waals surface area contributed by atoms with Gasteiger partial charge in [0.25, 0.3) is 5.91 Å². The van der Waals surface area contributed by atoms with Gasteiger partial charge in [0, 0.05) is 82.1 Å². The van der Waals surface area contributed by atoms with Crippen molar-refractivity contribution in [3.8, 4) is 17.2 Å². The Hall–Kier alpha value is -4.83. The van der Waals surface area contributed by atoms with Crippen LogP contribution in [0, 0.1) is 23.2 Å². The lowest BCUT2D eigenvalue weighted by molar-refractivity contribution is -0.143. The number of rotatable bonds is 11. The van der Waals surface area contributed by atoms with Crippen LogP contribution in [0.1, 0.15) is 94.2 Å². The van der Waals surface area contributed by atoms with Crippen LogP contribution in [0.5, 0.6) is 0 Å². The van der Waals surface area contributed by atoms with Gasteiger partial charge < -0.3 is 19.6 Å². The third-order valence-electron chi connectivity index (χ3n) is 11.8. The summed E-state index contributed by atoms with van der Waals surface area (Å²) in [6, 6.07) is 13.0. The number of imidazole rings is 2. The molecule has 282 valence electrons. The lowest BCUT2D eigenvalue weighted by Gasteiger charge is -2.30. The molecular weight excluding hydrogens is 704 g/mol. The third kappa shape index (κ3) is 7.45. The van der Waals surface area contributed by atoms with Crippen molar-refractivity contribution in [1.82, 2.24) is 28.9 Å². The molecule has 7 rings (SSSR count). The maximum Gasteiger partial charge on any atom is 0.306 e. The number of amides is 1. The molecule has 1 fully saturated rings. The minimum absolute atomic E-state index is 0.0149. The molecule has 0 unspecified atom stereocenters. The number of carbonyl (C=O) groups excluding carboxylic acids is 2. The van der Waals surface area contributed by atoms with E-state index in [4.69, 9.17) is 21.6 Å². The van der Waals surface area contributed by atoms with Gasteiger partial charge >= 0.3 is 5.97 Å². The van der Waals surface area contributed by atoms with E-state index in [1.165, 1.54) is 0 Å². The molecule has 0 saturated heterocycles. The van der Waals surface area contributed by atoms with E-state index in [0.717, 1.165) is 100 Å². The Labute approximate surface area is 320 Å². The molecule has 2 aliphatic heterocycles. The zero-order valence-electron chi connectivity index (χ0n) is 31.2. The molecule has 0 spiro atoms. The fraction of sp³-hybridized carbons (Fsp3) is 0.463. The summed E-state index contributed by atoms with van der Waals surface area (Å²) in [5, 5.41) is 22.9. The molecule has 2 aromatic heterocycles. The number of carboxylic acids is 1. The summed E-state index contributed by atoms with van der Waals surface area (Å²) in [6.45, 7) is 7.16. The Morgan fingerprint density at radius 3 is 2.22 bits per heavy atom. The molecule has 4 heterocycles. The SMILES string of the molecule is CCN1CCc2c(nc(C(=O)Cc3cccc(-c4cccc(NC(=O)c5nc6c(n5C)CCN(CCC5CCC(C(=O)O)CC5)C6)c4Cl)c3C#N)n2C)C1. The van der Waals surface area contributed by atoms with Crippen molar-refractivity contribution < 1.29 is 19.5 Å². The number of aliphatic carboxylic acids is 1. The van der Waals surface area contributed by atoms with E-state index < -0.39 is 5.97 Å². The molecule has 12 nitrogen and oxygen atoms in total. The number of benzene rings is 2. The van der Waals surface area contributed by atoms with Crippen molar-refractivity contribution in [2.24, 2.45) is 25.9 Å². The van der Waals surface area contributed by atoms with Gasteiger partial charge in [-0.25, -0.2) is 9.97 Å². The number of nitrogens with one attached hydrogen (secondary N) is 1. The van der Waals surface area contributed by atoms with Gasteiger partial charge in [-0.2, -0.15) is 5.26 Å². The predicted molar refractivity (Wildman–Crippen MR) is 205 cm³/mol. The average molecular weight is 751 g/mol. The number of hydrogen-bond donors (Lipinski definition) is 2. The quantitative estimate of drug-likeness (QED) is 0.175. The number of ketones is 1. The number of fused-ring (bicyclic) bond motifs is 2. The van der Waals surface area contributed by atoms with Crippen LogP contribution in [0.4, 0.5) is 5.69 Å². The van der Waals surface area contributed by atoms with E-state index >= 15 is 0 Å². The van der Waals surface area contributed by atoms with E-state index in [-0.39, 0.29) is 29.1 Å². The fourth-order valence-electron chi connectivity index (χ4n) is 8.51. The fourth-order valence-corrected chi connectivity index (χ4v) is 8.79. The molecule has 0 radical (unpaired) electrons. The number of carbonyl (C=O) groups is 3. The topological polar surface area (TPSA) is 149 Å². The van der Waals surface area contributed by atoms with Crippen molar-refractivity contribution in [2.75, 3.05) is 31.5 Å². The van der Waals surface area contributed by atoms with Crippen molar-refractivity contribution >= 4 is 34.9 Å². The van der Waals surface area contributed by atoms with Crippen LogP contribution in [0.25, 0.3) is 11.1 Å². The second kappa shape index (κ2) is 15.9. The van der Waals surface area contributed by atoms with Crippen molar-refractivity contribution in [1.29, 1.82) is 5.26 Å². The Balaban J connectivity index is 1.04. The second-order valence-corrected chi connectivity index (χ2v) is 15.3.